The van der Waals surface area contributed by atoms with Crippen molar-refractivity contribution in [2.45, 2.75) is 52.0 Å². The fraction of sp³-hybridized carbons (Fsp3) is 0.417. The number of carbonyl (C=O) groups excluding carboxylic acids is 1. The van der Waals surface area contributed by atoms with Crippen LogP contribution < -0.4 is 5.32 Å². The Bertz CT molecular complexity index is 1060. The number of nitrogens with one attached hydrogen (secondary N) is 1. The number of anilines is 1. The Labute approximate surface area is 176 Å². The van der Waals surface area contributed by atoms with Crippen LogP contribution in [0.2, 0.25) is 0 Å². The fourth-order valence-corrected chi connectivity index (χ4v) is 4.44. The van der Waals surface area contributed by atoms with Crippen LogP contribution in [0.15, 0.2) is 36.7 Å². The Morgan fingerprint density at radius 3 is 2.70 bits per heavy atom. The predicted molar refractivity (Wildman–Crippen MR) is 119 cm³/mol. The molecule has 0 spiro atoms. The first-order valence-corrected chi connectivity index (χ1v) is 10.7. The minimum absolute atomic E-state index is 0.248. The van der Waals surface area contributed by atoms with Gasteiger partial charge in [0.2, 0.25) is 0 Å². The lowest BCUT2D eigenvalue weighted by Crippen LogP contribution is -2.33. The van der Waals surface area contributed by atoms with Crippen LogP contribution in [0.4, 0.5) is 14.9 Å². The third kappa shape index (κ3) is 3.91. The number of fused-ring (bicyclic) bond motifs is 3. The monoisotopic (exact) mass is 408 g/mol. The molecule has 158 valence electrons. The summed E-state index contributed by atoms with van der Waals surface area (Å²) < 4.78 is 17.2. The molecule has 0 unspecified atom stereocenters. The highest BCUT2D eigenvalue weighted by atomic mass is 19.1. The van der Waals surface area contributed by atoms with E-state index in [0.717, 1.165) is 42.1 Å². The normalized spacial score (nSPS) is 13.5. The number of rotatable bonds is 5. The maximum Gasteiger partial charge on any atom is 0.321 e. The zero-order valence-electron chi connectivity index (χ0n) is 17.9. The van der Waals surface area contributed by atoms with Gasteiger partial charge in [0.1, 0.15) is 5.82 Å². The zero-order chi connectivity index (χ0) is 21.3. The van der Waals surface area contributed by atoms with Crippen molar-refractivity contribution in [2.75, 3.05) is 18.9 Å². The molecule has 0 radical (unpaired) electrons. The van der Waals surface area contributed by atoms with E-state index in [9.17, 15) is 9.18 Å². The van der Waals surface area contributed by atoms with E-state index < -0.39 is 5.82 Å². The molecule has 2 heterocycles. The molecule has 0 fully saturated rings. The molecule has 0 saturated heterocycles. The molecule has 5 nitrogen and oxygen atoms in total. The molecule has 0 saturated carbocycles. The van der Waals surface area contributed by atoms with Crippen molar-refractivity contribution in [3.63, 3.8) is 0 Å². The van der Waals surface area contributed by atoms with Crippen LogP contribution in [0.25, 0.3) is 10.9 Å². The lowest BCUT2D eigenvalue weighted by Gasteiger charge is -2.19. The molecule has 2 aromatic heterocycles. The highest BCUT2D eigenvalue weighted by Crippen LogP contribution is 2.36. The topological polar surface area (TPSA) is 50.2 Å². The minimum Gasteiger partial charge on any atom is -0.342 e. The summed E-state index contributed by atoms with van der Waals surface area (Å²) in [6.07, 6.45) is 8.57. The van der Waals surface area contributed by atoms with Crippen molar-refractivity contribution in [3.05, 3.63) is 59.3 Å². The van der Waals surface area contributed by atoms with Gasteiger partial charge >= 0.3 is 6.03 Å². The molecular weight excluding hydrogens is 379 g/mol. The van der Waals surface area contributed by atoms with E-state index in [1.54, 1.807) is 30.4 Å². The summed E-state index contributed by atoms with van der Waals surface area (Å²) in [5.41, 5.74) is 4.92. The van der Waals surface area contributed by atoms with Crippen LogP contribution in [0, 0.1) is 5.82 Å². The smallest absolute Gasteiger partial charge is 0.321 e. The summed E-state index contributed by atoms with van der Waals surface area (Å²) in [7, 11) is 1.73. The number of urea groups is 1. The largest absolute Gasteiger partial charge is 0.342 e. The standard InChI is InChI=1S/C24H29FN4O/c1-16(2)29-22-7-5-4-6-18(22)19-14-21(20(25)15-23(19)29)27-24(30)28(3)13-10-17-8-11-26-12-9-17/h8-9,11-12,14-16H,4-7,10,13H2,1-3H3,(H,27,30). The molecule has 3 aromatic rings. The number of benzene rings is 1. The van der Waals surface area contributed by atoms with E-state index in [1.165, 1.54) is 17.7 Å². The quantitative estimate of drug-likeness (QED) is 0.619. The molecule has 1 aliphatic carbocycles. The van der Waals surface area contributed by atoms with Gasteiger partial charge in [0.15, 0.2) is 0 Å². The molecule has 4 rings (SSSR count). The van der Waals surface area contributed by atoms with Crippen molar-refractivity contribution in [1.82, 2.24) is 14.5 Å². The number of pyridine rings is 1. The van der Waals surface area contributed by atoms with Crippen LogP contribution >= 0.6 is 0 Å². The molecule has 1 aliphatic rings. The van der Waals surface area contributed by atoms with Crippen LogP contribution in [-0.2, 0) is 19.3 Å². The van der Waals surface area contributed by atoms with Gasteiger partial charge in [-0.05, 0) is 75.3 Å². The molecule has 0 atom stereocenters. The molecular formula is C24H29FN4O. The zero-order valence-corrected chi connectivity index (χ0v) is 17.9. The maximum absolute atomic E-state index is 14.9. The van der Waals surface area contributed by atoms with Crippen LogP contribution in [0.1, 0.15) is 49.6 Å². The summed E-state index contributed by atoms with van der Waals surface area (Å²) in [5.74, 6) is -0.393. The highest BCUT2D eigenvalue weighted by Gasteiger charge is 2.23. The fourth-order valence-electron chi connectivity index (χ4n) is 4.44. The summed E-state index contributed by atoms with van der Waals surface area (Å²) >= 11 is 0. The van der Waals surface area contributed by atoms with E-state index >= 15 is 0 Å². The Kier molecular flexibility index (Phi) is 5.75. The number of carbonyl (C=O) groups is 1. The molecule has 1 aromatic carbocycles. The van der Waals surface area contributed by atoms with Gasteiger partial charge in [-0.15, -0.1) is 0 Å². The van der Waals surface area contributed by atoms with Gasteiger partial charge in [0.25, 0.3) is 0 Å². The third-order valence-electron chi connectivity index (χ3n) is 5.99. The first kappa shape index (κ1) is 20.4. The lowest BCUT2D eigenvalue weighted by molar-refractivity contribution is 0.223. The second-order valence-electron chi connectivity index (χ2n) is 8.40. The Morgan fingerprint density at radius 2 is 1.97 bits per heavy atom. The first-order chi connectivity index (χ1) is 14.5. The van der Waals surface area contributed by atoms with Gasteiger partial charge in [-0.2, -0.15) is 0 Å². The second-order valence-corrected chi connectivity index (χ2v) is 8.40. The molecule has 30 heavy (non-hydrogen) atoms. The highest BCUT2D eigenvalue weighted by molar-refractivity contribution is 5.95. The second kappa shape index (κ2) is 8.46. The number of aromatic nitrogens is 2. The lowest BCUT2D eigenvalue weighted by atomic mass is 9.95. The van der Waals surface area contributed by atoms with Gasteiger partial charge < -0.3 is 14.8 Å². The third-order valence-corrected chi connectivity index (χ3v) is 5.99. The van der Waals surface area contributed by atoms with Crippen molar-refractivity contribution >= 4 is 22.6 Å². The van der Waals surface area contributed by atoms with Crippen molar-refractivity contribution in [2.24, 2.45) is 0 Å². The maximum atomic E-state index is 14.9. The van der Waals surface area contributed by atoms with E-state index in [0.29, 0.717) is 6.54 Å². The molecule has 6 heteroatoms. The van der Waals surface area contributed by atoms with Gasteiger partial charge in [-0.3, -0.25) is 4.98 Å². The average molecular weight is 409 g/mol. The SMILES string of the molecule is CC(C)n1c2c(c3cc(NC(=O)N(C)CCc4ccncc4)c(F)cc31)CCCC2. The number of amides is 2. The Morgan fingerprint density at radius 1 is 1.23 bits per heavy atom. The van der Waals surface area contributed by atoms with E-state index in [-0.39, 0.29) is 17.8 Å². The van der Waals surface area contributed by atoms with E-state index in [2.05, 4.69) is 28.7 Å². The van der Waals surface area contributed by atoms with Crippen LogP contribution in [-0.4, -0.2) is 34.1 Å². The minimum atomic E-state index is -0.393. The molecule has 0 aliphatic heterocycles. The summed E-state index contributed by atoms with van der Waals surface area (Å²) in [6, 6.07) is 7.24. The van der Waals surface area contributed by atoms with Crippen molar-refractivity contribution in [1.29, 1.82) is 0 Å². The molecule has 1 N–H and O–H groups in total. The number of hydrogen-bond donors (Lipinski definition) is 1. The van der Waals surface area contributed by atoms with Crippen molar-refractivity contribution in [3.8, 4) is 0 Å². The number of aryl methyl sites for hydroxylation is 1. The van der Waals surface area contributed by atoms with Crippen LogP contribution in [0.3, 0.4) is 0 Å². The molecule has 2 amide bonds. The van der Waals surface area contributed by atoms with Crippen molar-refractivity contribution < 1.29 is 9.18 Å². The number of halogens is 1. The number of likely N-dealkylation sites (N-methyl/N-ethyl adjacent to an activating group) is 1. The van der Waals surface area contributed by atoms with Gasteiger partial charge in [-0.25, -0.2) is 9.18 Å². The van der Waals surface area contributed by atoms with Gasteiger partial charge in [-0.1, -0.05) is 0 Å². The predicted octanol–water partition coefficient (Wildman–Crippen LogP) is 5.34. The summed E-state index contributed by atoms with van der Waals surface area (Å²) in [6.45, 7) is 4.82. The Balaban J connectivity index is 1.57. The summed E-state index contributed by atoms with van der Waals surface area (Å²) in [5, 5.41) is 3.84. The first-order valence-electron chi connectivity index (χ1n) is 10.7. The van der Waals surface area contributed by atoms with Crippen LogP contribution in [0.5, 0.6) is 0 Å². The Hall–Kier alpha value is -2.89. The molecule has 0 bridgehead atoms. The number of hydrogen-bond acceptors (Lipinski definition) is 2. The van der Waals surface area contributed by atoms with Gasteiger partial charge in [0.05, 0.1) is 11.2 Å². The average Bonchev–Trinajstić information content (AvgIpc) is 3.06. The summed E-state index contributed by atoms with van der Waals surface area (Å²) in [4.78, 5) is 18.2. The van der Waals surface area contributed by atoms with Gasteiger partial charge in [0, 0.05) is 49.2 Å². The van der Waals surface area contributed by atoms with E-state index in [1.807, 2.05) is 18.2 Å². The number of nitrogens with zero attached hydrogens (tertiary/aromatic N) is 3. The van der Waals surface area contributed by atoms with E-state index in [4.69, 9.17) is 0 Å².